The number of sulfonamides is 1. The number of hydrogen-bond donors (Lipinski definition) is 2. The smallest absolute Gasteiger partial charge is 0.229 e. The zero-order valence-electron chi connectivity index (χ0n) is 21.7. The van der Waals surface area contributed by atoms with E-state index in [1.165, 1.54) is 6.20 Å². The van der Waals surface area contributed by atoms with E-state index < -0.39 is 17.2 Å². The summed E-state index contributed by atoms with van der Waals surface area (Å²) >= 11 is 6.38. The van der Waals surface area contributed by atoms with Crippen LogP contribution in [0.2, 0.25) is 5.02 Å². The van der Waals surface area contributed by atoms with E-state index in [4.69, 9.17) is 16.3 Å². The van der Waals surface area contributed by atoms with Gasteiger partial charge in [0.05, 0.1) is 28.9 Å². The van der Waals surface area contributed by atoms with E-state index >= 15 is 0 Å². The van der Waals surface area contributed by atoms with Gasteiger partial charge in [-0.25, -0.2) is 13.4 Å². The molecule has 1 saturated heterocycles. The van der Waals surface area contributed by atoms with Gasteiger partial charge in [0, 0.05) is 36.7 Å². The highest BCUT2D eigenvalue weighted by molar-refractivity contribution is 7.90. The van der Waals surface area contributed by atoms with Gasteiger partial charge in [-0.15, -0.1) is 0 Å². The number of anilines is 5. The Balaban J connectivity index is 1.18. The molecule has 3 aliphatic rings. The fourth-order valence-corrected chi connectivity index (χ4v) is 8.21. The summed E-state index contributed by atoms with van der Waals surface area (Å²) in [7, 11) is -5.72. The average molecular weight is 589 g/mol. The van der Waals surface area contributed by atoms with Crippen molar-refractivity contribution in [3.8, 4) is 5.75 Å². The highest BCUT2D eigenvalue weighted by Gasteiger charge is 2.44. The van der Waals surface area contributed by atoms with Crippen LogP contribution in [0.4, 0.5) is 28.8 Å². The number of fused-ring (bicyclic) bond motifs is 3. The summed E-state index contributed by atoms with van der Waals surface area (Å²) < 4.78 is 45.9. The molecule has 2 fully saturated rings. The molecule has 0 spiro atoms. The summed E-state index contributed by atoms with van der Waals surface area (Å²) in [6.07, 6.45) is 3.04. The Morgan fingerprint density at radius 2 is 1.90 bits per heavy atom. The fourth-order valence-electron chi connectivity index (χ4n) is 5.05. The van der Waals surface area contributed by atoms with Crippen molar-refractivity contribution in [3.63, 3.8) is 0 Å². The Morgan fingerprint density at radius 3 is 2.67 bits per heavy atom. The lowest BCUT2D eigenvalue weighted by Crippen LogP contribution is -2.58. The van der Waals surface area contributed by atoms with Gasteiger partial charge in [0.25, 0.3) is 0 Å². The highest BCUT2D eigenvalue weighted by atomic mass is 35.5. The second-order valence-corrected chi connectivity index (χ2v) is 16.3. The molecule has 3 heterocycles. The Kier molecular flexibility index (Phi) is 6.74. The molecule has 2 aromatic carbocycles. The normalized spacial score (nSPS) is 19.6. The molecule has 0 unspecified atom stereocenters. The van der Waals surface area contributed by atoms with Crippen molar-refractivity contribution >= 4 is 62.9 Å². The van der Waals surface area contributed by atoms with Gasteiger partial charge in [0.2, 0.25) is 16.0 Å². The van der Waals surface area contributed by atoms with Gasteiger partial charge in [0.1, 0.15) is 24.5 Å². The number of rotatable bonds is 7. The van der Waals surface area contributed by atoms with Crippen LogP contribution in [0.25, 0.3) is 0 Å². The SMILES string of the molecule is CP(C)(=O)c1ccccc1Nc1nc(Nc2ccc3c(c2)OC[C@@H]2CN(S(=O)(=O)C4CC4)CCN32)ncc1Cl. The number of hydrogen-bond acceptors (Lipinski definition) is 9. The van der Waals surface area contributed by atoms with E-state index in [-0.39, 0.29) is 11.3 Å². The number of ether oxygens (including phenoxy) is 1. The molecule has 0 radical (unpaired) electrons. The number of nitrogens with one attached hydrogen (secondary N) is 2. The summed E-state index contributed by atoms with van der Waals surface area (Å²) in [5, 5.41) is 7.26. The molecule has 0 amide bonds. The minimum Gasteiger partial charge on any atom is -0.489 e. The summed E-state index contributed by atoms with van der Waals surface area (Å²) in [5.74, 6) is 1.45. The lowest BCUT2D eigenvalue weighted by molar-refractivity contribution is 0.216. The molecule has 0 bridgehead atoms. The van der Waals surface area contributed by atoms with Crippen LogP contribution in [0.15, 0.2) is 48.7 Å². The molecule has 1 atom stereocenters. The zero-order valence-corrected chi connectivity index (χ0v) is 24.1. The molecule has 2 N–H and O–H groups in total. The van der Waals surface area contributed by atoms with Crippen LogP contribution >= 0.6 is 18.7 Å². The molecule has 3 aromatic rings. The van der Waals surface area contributed by atoms with E-state index in [1.807, 2.05) is 42.5 Å². The largest absolute Gasteiger partial charge is 0.489 e. The first-order valence-electron chi connectivity index (χ1n) is 12.8. The van der Waals surface area contributed by atoms with Gasteiger partial charge in [-0.3, -0.25) is 0 Å². The van der Waals surface area contributed by atoms with Crippen LogP contribution in [-0.4, -0.2) is 73.6 Å². The third-order valence-corrected chi connectivity index (χ3v) is 11.4. The molecule has 6 rings (SSSR count). The van der Waals surface area contributed by atoms with E-state index in [9.17, 15) is 13.0 Å². The van der Waals surface area contributed by atoms with E-state index in [1.54, 1.807) is 17.6 Å². The molecule has 2 aliphatic heterocycles. The van der Waals surface area contributed by atoms with Crippen molar-refractivity contribution < 1.29 is 17.7 Å². The van der Waals surface area contributed by atoms with Crippen molar-refractivity contribution in [1.29, 1.82) is 0 Å². The van der Waals surface area contributed by atoms with Gasteiger partial charge in [-0.05, 0) is 50.4 Å². The maximum Gasteiger partial charge on any atom is 0.229 e. The second kappa shape index (κ2) is 9.96. The van der Waals surface area contributed by atoms with Gasteiger partial charge in [-0.2, -0.15) is 9.29 Å². The number of piperazine rings is 1. The van der Waals surface area contributed by atoms with Crippen molar-refractivity contribution in [1.82, 2.24) is 14.3 Å². The van der Waals surface area contributed by atoms with Crippen LogP contribution in [0.3, 0.4) is 0 Å². The molecular weight excluding hydrogens is 559 g/mol. The average Bonchev–Trinajstić information content (AvgIpc) is 3.76. The lowest BCUT2D eigenvalue weighted by Gasteiger charge is -2.45. The molecule has 1 aromatic heterocycles. The lowest BCUT2D eigenvalue weighted by atomic mass is 10.1. The molecule has 1 saturated carbocycles. The van der Waals surface area contributed by atoms with E-state index in [0.29, 0.717) is 54.0 Å². The van der Waals surface area contributed by atoms with Crippen LogP contribution in [0, 0.1) is 0 Å². The molecule has 13 heteroatoms. The summed E-state index contributed by atoms with van der Waals surface area (Å²) in [6.45, 7) is 5.41. The number of halogens is 1. The monoisotopic (exact) mass is 588 g/mol. The molecule has 206 valence electrons. The van der Waals surface area contributed by atoms with Crippen LogP contribution in [0.5, 0.6) is 5.75 Å². The quantitative estimate of drug-likeness (QED) is 0.391. The molecule has 10 nitrogen and oxygen atoms in total. The molecular formula is C26H30ClN6O4PS. The van der Waals surface area contributed by atoms with E-state index in [2.05, 4.69) is 25.5 Å². The second-order valence-electron chi connectivity index (χ2n) is 10.5. The number of benzene rings is 2. The number of para-hydroxylation sites is 1. The Hall–Kier alpha value is -2.85. The van der Waals surface area contributed by atoms with Crippen molar-refractivity contribution in [3.05, 3.63) is 53.7 Å². The third-order valence-electron chi connectivity index (χ3n) is 7.19. The standard InChI is InChI=1S/C26H30ClN6O4PS/c1-38(2,34)24-6-4-3-5-21(24)30-25-20(27)14-28-26(31-25)29-17-7-10-22-23(13-17)37-16-18-15-32(11-12-33(18)22)39(35,36)19-8-9-19/h3-7,10,13-14,18-19H,8-9,11-12,15-16H2,1-2H3,(H2,28,29,30,31)/t18-/m0/s1. The maximum absolute atomic E-state index is 12.8. The first-order chi connectivity index (χ1) is 18.6. The van der Waals surface area contributed by atoms with Crippen LogP contribution in [0.1, 0.15) is 12.8 Å². The Morgan fingerprint density at radius 1 is 1.10 bits per heavy atom. The summed E-state index contributed by atoms with van der Waals surface area (Å²) in [6, 6.07) is 13.2. The van der Waals surface area contributed by atoms with Crippen LogP contribution < -0.4 is 25.6 Å². The first kappa shape index (κ1) is 26.4. The Labute approximate surface area is 233 Å². The number of nitrogens with zero attached hydrogens (tertiary/aromatic N) is 4. The van der Waals surface area contributed by atoms with Gasteiger partial charge in [0.15, 0.2) is 5.82 Å². The minimum atomic E-state index is -3.20. The predicted molar refractivity (Wildman–Crippen MR) is 156 cm³/mol. The summed E-state index contributed by atoms with van der Waals surface area (Å²) in [5.41, 5.74) is 2.36. The van der Waals surface area contributed by atoms with Gasteiger partial charge < -0.3 is 24.8 Å². The maximum atomic E-state index is 12.8. The van der Waals surface area contributed by atoms with Crippen molar-refractivity contribution in [2.75, 3.05) is 55.1 Å². The molecule has 39 heavy (non-hydrogen) atoms. The topological polar surface area (TPSA) is 117 Å². The Bertz CT molecular complexity index is 1580. The minimum absolute atomic E-state index is 0.0174. The number of aromatic nitrogens is 2. The van der Waals surface area contributed by atoms with Crippen molar-refractivity contribution in [2.45, 2.75) is 24.1 Å². The highest BCUT2D eigenvalue weighted by Crippen LogP contribution is 2.40. The summed E-state index contributed by atoms with van der Waals surface area (Å²) in [4.78, 5) is 11.1. The predicted octanol–water partition coefficient (Wildman–Crippen LogP) is 4.24. The van der Waals surface area contributed by atoms with Gasteiger partial charge >= 0.3 is 0 Å². The zero-order chi connectivity index (χ0) is 27.4. The van der Waals surface area contributed by atoms with Crippen molar-refractivity contribution in [2.24, 2.45) is 0 Å². The fraction of sp³-hybridized carbons (Fsp3) is 0.385. The van der Waals surface area contributed by atoms with E-state index in [0.717, 1.165) is 30.0 Å². The first-order valence-corrected chi connectivity index (χ1v) is 17.3. The molecule has 1 aliphatic carbocycles. The van der Waals surface area contributed by atoms with Crippen LogP contribution in [-0.2, 0) is 14.6 Å². The third kappa shape index (κ3) is 5.33. The van der Waals surface area contributed by atoms with Gasteiger partial charge in [-0.1, -0.05) is 23.7 Å².